The van der Waals surface area contributed by atoms with E-state index in [-0.39, 0.29) is 11.3 Å². The van der Waals surface area contributed by atoms with Crippen molar-refractivity contribution in [2.75, 3.05) is 6.54 Å². The molecule has 1 aromatic heterocycles. The zero-order valence-electron chi connectivity index (χ0n) is 11.4. The number of hydrogen-bond donors (Lipinski definition) is 1. The number of nitrogens with one attached hydrogen (secondary N) is 1. The normalized spacial score (nSPS) is 11.3. The summed E-state index contributed by atoms with van der Waals surface area (Å²) in [5.41, 5.74) is 1.40. The van der Waals surface area contributed by atoms with Gasteiger partial charge in [0.05, 0.1) is 6.20 Å². The molecule has 1 amide bonds. The van der Waals surface area contributed by atoms with E-state index in [9.17, 15) is 4.79 Å². The fourth-order valence-electron chi connectivity index (χ4n) is 1.83. The van der Waals surface area contributed by atoms with Gasteiger partial charge in [0, 0.05) is 19.0 Å². The van der Waals surface area contributed by atoms with Crippen molar-refractivity contribution in [2.45, 2.75) is 19.3 Å². The van der Waals surface area contributed by atoms with Crippen molar-refractivity contribution < 1.29 is 4.79 Å². The number of carbonyl (C=O) groups is 1. The molecule has 1 heterocycles. The fraction of sp³-hybridized carbons (Fsp3) is 0.357. The maximum Gasteiger partial charge on any atom is 0.273 e. The monoisotopic (exact) mass is 258 g/mol. The number of aromatic nitrogens is 3. The molecule has 1 aromatic carbocycles. The molecule has 0 fully saturated rings. The van der Waals surface area contributed by atoms with E-state index in [1.807, 2.05) is 18.2 Å². The summed E-state index contributed by atoms with van der Waals surface area (Å²) in [5.74, 6) is -0.197. The molecule has 5 heteroatoms. The van der Waals surface area contributed by atoms with Crippen LogP contribution in [-0.4, -0.2) is 27.4 Å². The summed E-state index contributed by atoms with van der Waals surface area (Å²) in [5, 5.41) is 10.4. The Morgan fingerprint density at radius 3 is 2.58 bits per heavy atom. The Morgan fingerprint density at radius 2 is 2.00 bits per heavy atom. The van der Waals surface area contributed by atoms with E-state index in [1.54, 1.807) is 13.2 Å². The second kappa shape index (κ2) is 5.22. The van der Waals surface area contributed by atoms with Crippen molar-refractivity contribution in [2.24, 2.45) is 7.05 Å². The fourth-order valence-corrected chi connectivity index (χ4v) is 1.83. The average molecular weight is 258 g/mol. The van der Waals surface area contributed by atoms with E-state index in [0.717, 1.165) is 0 Å². The summed E-state index contributed by atoms with van der Waals surface area (Å²) in [6.07, 6.45) is 1.60. The molecule has 0 saturated heterocycles. The molecule has 0 spiro atoms. The molecule has 0 bridgehead atoms. The minimum atomic E-state index is -0.197. The highest BCUT2D eigenvalue weighted by Gasteiger charge is 2.22. The van der Waals surface area contributed by atoms with E-state index in [2.05, 4.69) is 41.6 Å². The van der Waals surface area contributed by atoms with E-state index in [0.29, 0.717) is 12.2 Å². The summed E-state index contributed by atoms with van der Waals surface area (Å²) < 4.78 is 1.51. The quantitative estimate of drug-likeness (QED) is 0.904. The molecule has 0 aliphatic carbocycles. The molecule has 2 aromatic rings. The van der Waals surface area contributed by atoms with Crippen molar-refractivity contribution in [1.29, 1.82) is 0 Å². The SMILES string of the molecule is Cn1cc(C(=O)NCC(C)(C)c2ccccc2)nn1. The van der Waals surface area contributed by atoms with Crippen LogP contribution in [0.2, 0.25) is 0 Å². The van der Waals surface area contributed by atoms with Crippen molar-refractivity contribution in [3.05, 3.63) is 47.8 Å². The molecule has 100 valence electrons. The summed E-state index contributed by atoms with van der Waals surface area (Å²) in [6, 6.07) is 10.1. The number of aryl methyl sites for hydroxylation is 1. The molecule has 1 N–H and O–H groups in total. The van der Waals surface area contributed by atoms with Crippen LogP contribution in [0.5, 0.6) is 0 Å². The lowest BCUT2D eigenvalue weighted by atomic mass is 9.84. The summed E-state index contributed by atoms with van der Waals surface area (Å²) in [7, 11) is 1.73. The molecule has 19 heavy (non-hydrogen) atoms. The second-order valence-corrected chi connectivity index (χ2v) is 5.21. The first-order valence-corrected chi connectivity index (χ1v) is 6.19. The number of rotatable bonds is 4. The van der Waals surface area contributed by atoms with Crippen LogP contribution in [-0.2, 0) is 12.5 Å². The molecule has 0 aliphatic heterocycles. The van der Waals surface area contributed by atoms with E-state index < -0.39 is 0 Å². The van der Waals surface area contributed by atoms with E-state index in [4.69, 9.17) is 0 Å². The van der Waals surface area contributed by atoms with Crippen LogP contribution in [0, 0.1) is 0 Å². The Morgan fingerprint density at radius 1 is 1.32 bits per heavy atom. The zero-order chi connectivity index (χ0) is 13.9. The first-order valence-electron chi connectivity index (χ1n) is 6.19. The maximum atomic E-state index is 11.9. The lowest BCUT2D eigenvalue weighted by molar-refractivity contribution is 0.0940. The number of nitrogens with zero attached hydrogens (tertiary/aromatic N) is 3. The van der Waals surface area contributed by atoms with Gasteiger partial charge in [0.25, 0.3) is 5.91 Å². The van der Waals surface area contributed by atoms with Crippen molar-refractivity contribution in [3.8, 4) is 0 Å². The van der Waals surface area contributed by atoms with Gasteiger partial charge in [-0.2, -0.15) is 0 Å². The van der Waals surface area contributed by atoms with Gasteiger partial charge in [-0.1, -0.05) is 49.4 Å². The molecule has 5 nitrogen and oxygen atoms in total. The predicted molar refractivity (Wildman–Crippen MR) is 72.8 cm³/mol. The average Bonchev–Trinajstić information content (AvgIpc) is 2.84. The van der Waals surface area contributed by atoms with Gasteiger partial charge in [-0.25, -0.2) is 0 Å². The Balaban J connectivity index is 2.00. The second-order valence-electron chi connectivity index (χ2n) is 5.21. The third-order valence-electron chi connectivity index (χ3n) is 3.08. The summed E-state index contributed by atoms with van der Waals surface area (Å²) in [4.78, 5) is 11.9. The van der Waals surface area contributed by atoms with Gasteiger partial charge in [0.15, 0.2) is 5.69 Å². The van der Waals surface area contributed by atoms with Crippen LogP contribution in [0.25, 0.3) is 0 Å². The smallest absolute Gasteiger partial charge is 0.273 e. The first kappa shape index (κ1) is 13.3. The Kier molecular flexibility index (Phi) is 3.64. The van der Waals surface area contributed by atoms with E-state index in [1.165, 1.54) is 10.2 Å². The van der Waals surface area contributed by atoms with Crippen LogP contribution >= 0.6 is 0 Å². The van der Waals surface area contributed by atoms with Gasteiger partial charge >= 0.3 is 0 Å². The molecule has 0 aliphatic rings. The van der Waals surface area contributed by atoms with E-state index >= 15 is 0 Å². The minimum absolute atomic E-state index is 0.126. The number of amides is 1. The molecule has 0 atom stereocenters. The van der Waals surface area contributed by atoms with Crippen LogP contribution in [0.4, 0.5) is 0 Å². The lowest BCUT2D eigenvalue weighted by Gasteiger charge is -2.25. The molecule has 2 rings (SSSR count). The zero-order valence-corrected chi connectivity index (χ0v) is 11.4. The van der Waals surface area contributed by atoms with Gasteiger partial charge < -0.3 is 5.32 Å². The standard InChI is InChI=1S/C14H18N4O/c1-14(2,11-7-5-4-6-8-11)10-15-13(19)12-9-18(3)17-16-12/h4-9H,10H2,1-3H3,(H,15,19). The third-order valence-corrected chi connectivity index (χ3v) is 3.08. The van der Waals surface area contributed by atoms with Gasteiger partial charge in [-0.15, -0.1) is 5.10 Å². The molecule has 0 saturated carbocycles. The highest BCUT2D eigenvalue weighted by Crippen LogP contribution is 2.21. The summed E-state index contributed by atoms with van der Waals surface area (Å²) in [6.45, 7) is 4.74. The number of hydrogen-bond acceptors (Lipinski definition) is 3. The van der Waals surface area contributed by atoms with Gasteiger partial charge in [0.2, 0.25) is 0 Å². The topological polar surface area (TPSA) is 59.8 Å². The van der Waals surface area contributed by atoms with Crippen molar-refractivity contribution in [3.63, 3.8) is 0 Å². The molecular formula is C14H18N4O. The van der Waals surface area contributed by atoms with Gasteiger partial charge in [-0.05, 0) is 5.56 Å². The predicted octanol–water partition coefficient (Wildman–Crippen LogP) is 1.52. The van der Waals surface area contributed by atoms with Gasteiger partial charge in [0.1, 0.15) is 0 Å². The summed E-state index contributed by atoms with van der Waals surface area (Å²) >= 11 is 0. The highest BCUT2D eigenvalue weighted by molar-refractivity contribution is 5.91. The number of benzene rings is 1. The Labute approximate surface area is 112 Å². The van der Waals surface area contributed by atoms with Gasteiger partial charge in [-0.3, -0.25) is 9.48 Å². The third kappa shape index (κ3) is 3.19. The molecular weight excluding hydrogens is 240 g/mol. The lowest BCUT2D eigenvalue weighted by Crippen LogP contribution is -2.36. The first-order chi connectivity index (χ1) is 8.99. The maximum absolute atomic E-state index is 11.9. The van der Waals surface area contributed by atoms with Crippen LogP contribution in [0.15, 0.2) is 36.5 Å². The largest absolute Gasteiger partial charge is 0.350 e. The highest BCUT2D eigenvalue weighted by atomic mass is 16.2. The minimum Gasteiger partial charge on any atom is -0.350 e. The van der Waals surface area contributed by atoms with Crippen LogP contribution in [0.1, 0.15) is 29.9 Å². The Bertz CT molecular complexity index is 560. The van der Waals surface area contributed by atoms with Crippen molar-refractivity contribution in [1.82, 2.24) is 20.3 Å². The molecule has 0 unspecified atom stereocenters. The van der Waals surface area contributed by atoms with Crippen LogP contribution in [0.3, 0.4) is 0 Å². The molecule has 0 radical (unpaired) electrons. The number of carbonyl (C=O) groups excluding carboxylic acids is 1. The Hall–Kier alpha value is -2.17. The van der Waals surface area contributed by atoms with Crippen molar-refractivity contribution >= 4 is 5.91 Å². The van der Waals surface area contributed by atoms with Crippen LogP contribution < -0.4 is 5.32 Å².